The molecular formula is C16H13FN2S. The van der Waals surface area contributed by atoms with E-state index >= 15 is 0 Å². The van der Waals surface area contributed by atoms with Gasteiger partial charge in [-0.05, 0) is 36.6 Å². The van der Waals surface area contributed by atoms with Crippen LogP contribution in [0.1, 0.15) is 12.0 Å². The highest BCUT2D eigenvalue weighted by Crippen LogP contribution is 2.38. The summed E-state index contributed by atoms with van der Waals surface area (Å²) in [6, 6.07) is 13.5. The van der Waals surface area contributed by atoms with Crippen molar-refractivity contribution in [1.82, 2.24) is 4.98 Å². The van der Waals surface area contributed by atoms with Gasteiger partial charge in [-0.25, -0.2) is 9.37 Å². The Hall–Kier alpha value is -1.94. The highest BCUT2D eigenvalue weighted by atomic mass is 32.1. The third kappa shape index (κ3) is 1.79. The van der Waals surface area contributed by atoms with Gasteiger partial charge in [0.15, 0.2) is 5.13 Å². The molecule has 4 heteroatoms. The average Bonchev–Trinajstić information content (AvgIpc) is 2.92. The molecule has 1 aliphatic rings. The Bertz CT molecular complexity index is 781. The summed E-state index contributed by atoms with van der Waals surface area (Å²) in [4.78, 5) is 6.72. The molecule has 100 valence electrons. The number of rotatable bonds is 1. The van der Waals surface area contributed by atoms with E-state index in [0.717, 1.165) is 29.2 Å². The molecule has 0 fully saturated rings. The number of thiazole rings is 1. The molecule has 0 atom stereocenters. The smallest absolute Gasteiger partial charge is 0.191 e. The van der Waals surface area contributed by atoms with Gasteiger partial charge < -0.3 is 4.90 Å². The lowest BCUT2D eigenvalue weighted by Crippen LogP contribution is -2.24. The Kier molecular flexibility index (Phi) is 2.70. The fraction of sp³-hybridized carbons (Fsp3) is 0.188. The van der Waals surface area contributed by atoms with Crippen LogP contribution in [0.2, 0.25) is 0 Å². The Balaban J connectivity index is 1.86. The largest absolute Gasteiger partial charge is 0.318 e. The predicted octanol–water partition coefficient (Wildman–Crippen LogP) is 4.52. The number of fused-ring (bicyclic) bond motifs is 2. The second-order valence-corrected chi connectivity index (χ2v) is 5.98. The SMILES string of the molecule is Fc1cccc2sc(N3CCCc4ccccc43)nc12. The maximum Gasteiger partial charge on any atom is 0.191 e. The first-order chi connectivity index (χ1) is 9.83. The molecule has 20 heavy (non-hydrogen) atoms. The molecule has 1 aromatic heterocycles. The molecule has 0 radical (unpaired) electrons. The number of hydrogen-bond acceptors (Lipinski definition) is 3. The molecule has 0 unspecified atom stereocenters. The van der Waals surface area contributed by atoms with E-state index in [1.54, 1.807) is 17.4 Å². The van der Waals surface area contributed by atoms with Crippen LogP contribution in [0.25, 0.3) is 10.2 Å². The van der Waals surface area contributed by atoms with Crippen molar-refractivity contribution in [1.29, 1.82) is 0 Å². The summed E-state index contributed by atoms with van der Waals surface area (Å²) in [7, 11) is 0. The average molecular weight is 284 g/mol. The van der Waals surface area contributed by atoms with E-state index in [2.05, 4.69) is 28.1 Å². The normalized spacial score (nSPS) is 14.6. The van der Waals surface area contributed by atoms with Crippen molar-refractivity contribution in [3.63, 3.8) is 0 Å². The molecular weight excluding hydrogens is 271 g/mol. The van der Waals surface area contributed by atoms with Crippen LogP contribution >= 0.6 is 11.3 Å². The van der Waals surface area contributed by atoms with Gasteiger partial charge in [-0.1, -0.05) is 35.6 Å². The van der Waals surface area contributed by atoms with Crippen molar-refractivity contribution < 1.29 is 4.39 Å². The van der Waals surface area contributed by atoms with Crippen molar-refractivity contribution in [2.75, 3.05) is 11.4 Å². The highest BCUT2D eigenvalue weighted by Gasteiger charge is 2.21. The Labute approximate surface area is 120 Å². The van der Waals surface area contributed by atoms with Crippen molar-refractivity contribution in [3.8, 4) is 0 Å². The summed E-state index contributed by atoms with van der Waals surface area (Å²) in [5.74, 6) is -0.240. The van der Waals surface area contributed by atoms with Crippen LogP contribution in [0.5, 0.6) is 0 Å². The lowest BCUT2D eigenvalue weighted by molar-refractivity contribution is 0.637. The van der Waals surface area contributed by atoms with E-state index in [1.165, 1.54) is 17.3 Å². The van der Waals surface area contributed by atoms with Gasteiger partial charge in [0.1, 0.15) is 11.3 Å². The number of anilines is 2. The number of nitrogens with zero attached hydrogens (tertiary/aromatic N) is 2. The minimum Gasteiger partial charge on any atom is -0.318 e. The molecule has 1 aliphatic heterocycles. The molecule has 0 amide bonds. The van der Waals surface area contributed by atoms with Crippen LogP contribution in [0.4, 0.5) is 15.2 Å². The summed E-state index contributed by atoms with van der Waals surface area (Å²) in [6.45, 7) is 0.943. The van der Waals surface area contributed by atoms with Crippen molar-refractivity contribution in [2.24, 2.45) is 0 Å². The van der Waals surface area contributed by atoms with Crippen LogP contribution in [0.15, 0.2) is 42.5 Å². The molecule has 0 N–H and O–H groups in total. The standard InChI is InChI=1S/C16H13FN2S/c17-12-7-3-9-14-15(12)18-16(20-14)19-10-4-6-11-5-1-2-8-13(11)19/h1-3,5,7-9H,4,6,10H2. The van der Waals surface area contributed by atoms with Crippen LogP contribution in [-0.2, 0) is 6.42 Å². The molecule has 0 bridgehead atoms. The zero-order chi connectivity index (χ0) is 13.5. The van der Waals surface area contributed by atoms with Crippen molar-refractivity contribution in [3.05, 3.63) is 53.8 Å². The summed E-state index contributed by atoms with van der Waals surface area (Å²) < 4.78 is 14.7. The molecule has 0 aliphatic carbocycles. The maximum atomic E-state index is 13.8. The second-order valence-electron chi connectivity index (χ2n) is 4.97. The number of hydrogen-bond donors (Lipinski definition) is 0. The third-order valence-electron chi connectivity index (χ3n) is 3.70. The second kappa shape index (κ2) is 4.56. The van der Waals surface area contributed by atoms with Crippen LogP contribution in [0, 0.1) is 5.82 Å². The lowest BCUT2D eigenvalue weighted by atomic mass is 10.0. The van der Waals surface area contributed by atoms with Gasteiger partial charge in [-0.3, -0.25) is 0 Å². The van der Waals surface area contributed by atoms with E-state index in [0.29, 0.717) is 5.52 Å². The van der Waals surface area contributed by atoms with Gasteiger partial charge in [-0.2, -0.15) is 0 Å². The molecule has 4 rings (SSSR count). The molecule has 2 heterocycles. The third-order valence-corrected chi connectivity index (χ3v) is 4.74. The first-order valence-corrected chi connectivity index (χ1v) is 7.55. The summed E-state index contributed by atoms with van der Waals surface area (Å²) >= 11 is 1.56. The Morgan fingerprint density at radius 3 is 2.90 bits per heavy atom. The number of para-hydroxylation sites is 2. The minimum atomic E-state index is -0.240. The monoisotopic (exact) mass is 284 g/mol. The molecule has 0 saturated heterocycles. The van der Waals surface area contributed by atoms with E-state index in [4.69, 9.17) is 0 Å². The van der Waals surface area contributed by atoms with Gasteiger partial charge in [-0.15, -0.1) is 0 Å². The lowest BCUT2D eigenvalue weighted by Gasteiger charge is -2.28. The minimum absolute atomic E-state index is 0.240. The Morgan fingerprint density at radius 1 is 1.10 bits per heavy atom. The highest BCUT2D eigenvalue weighted by molar-refractivity contribution is 7.22. The summed E-state index contributed by atoms with van der Waals surface area (Å²) in [6.07, 6.45) is 2.21. The zero-order valence-corrected chi connectivity index (χ0v) is 11.7. The van der Waals surface area contributed by atoms with E-state index < -0.39 is 0 Å². The van der Waals surface area contributed by atoms with Gasteiger partial charge >= 0.3 is 0 Å². The van der Waals surface area contributed by atoms with E-state index in [1.807, 2.05) is 12.1 Å². The van der Waals surface area contributed by atoms with Gasteiger partial charge in [0.2, 0.25) is 0 Å². The number of benzene rings is 2. The van der Waals surface area contributed by atoms with Crippen LogP contribution in [0.3, 0.4) is 0 Å². The molecule has 0 spiro atoms. The fourth-order valence-electron chi connectivity index (χ4n) is 2.75. The maximum absolute atomic E-state index is 13.8. The predicted molar refractivity (Wildman–Crippen MR) is 81.3 cm³/mol. The summed E-state index contributed by atoms with van der Waals surface area (Å²) in [5.41, 5.74) is 3.03. The Morgan fingerprint density at radius 2 is 2.00 bits per heavy atom. The van der Waals surface area contributed by atoms with Crippen molar-refractivity contribution >= 4 is 32.4 Å². The number of aryl methyl sites for hydroxylation is 1. The number of halogens is 1. The topological polar surface area (TPSA) is 16.1 Å². The molecule has 2 aromatic carbocycles. The van der Waals surface area contributed by atoms with Gasteiger partial charge in [0.05, 0.1) is 4.70 Å². The van der Waals surface area contributed by atoms with E-state index in [9.17, 15) is 4.39 Å². The molecule has 0 saturated carbocycles. The van der Waals surface area contributed by atoms with Crippen LogP contribution < -0.4 is 4.90 Å². The molecule has 2 nitrogen and oxygen atoms in total. The molecule has 3 aromatic rings. The first kappa shape index (κ1) is 11.9. The zero-order valence-electron chi connectivity index (χ0n) is 10.8. The van der Waals surface area contributed by atoms with Gasteiger partial charge in [0, 0.05) is 12.2 Å². The summed E-state index contributed by atoms with van der Waals surface area (Å²) in [5, 5.41) is 0.886. The first-order valence-electron chi connectivity index (χ1n) is 6.73. The van der Waals surface area contributed by atoms with Gasteiger partial charge in [0.25, 0.3) is 0 Å². The van der Waals surface area contributed by atoms with Crippen LogP contribution in [-0.4, -0.2) is 11.5 Å². The van der Waals surface area contributed by atoms with Crippen molar-refractivity contribution in [2.45, 2.75) is 12.8 Å². The fourth-order valence-corrected chi connectivity index (χ4v) is 3.77. The van der Waals surface area contributed by atoms with E-state index in [-0.39, 0.29) is 5.82 Å². The quantitative estimate of drug-likeness (QED) is 0.653. The number of aromatic nitrogens is 1.